The van der Waals surface area contributed by atoms with E-state index >= 15 is 0 Å². The van der Waals surface area contributed by atoms with Crippen LogP contribution in [-0.4, -0.2) is 21.1 Å². The third-order valence-corrected chi connectivity index (χ3v) is 3.86. The average molecular weight is 345 g/mol. The second-order valence-corrected chi connectivity index (χ2v) is 5.56. The molecule has 5 nitrogen and oxygen atoms in total. The highest BCUT2D eigenvalue weighted by atomic mass is 79.9. The zero-order valence-corrected chi connectivity index (χ0v) is 13.2. The van der Waals surface area contributed by atoms with Crippen molar-refractivity contribution in [1.29, 1.82) is 0 Å². The van der Waals surface area contributed by atoms with E-state index in [2.05, 4.69) is 57.2 Å². The summed E-state index contributed by atoms with van der Waals surface area (Å²) in [7, 11) is 0. The summed E-state index contributed by atoms with van der Waals surface area (Å²) in [4.78, 5) is 0. The number of hydrogen-bond donors (Lipinski definition) is 0. The summed E-state index contributed by atoms with van der Waals surface area (Å²) in [5.41, 5.74) is 3.50. The Bertz CT molecular complexity index is 790. The van der Waals surface area contributed by atoms with Crippen LogP contribution in [0.4, 0.5) is 0 Å². The predicted octanol–water partition coefficient (Wildman–Crippen LogP) is 3.80. The summed E-state index contributed by atoms with van der Waals surface area (Å²) in [5.74, 6) is 1.47. The zero-order valence-electron chi connectivity index (χ0n) is 11.6. The van der Waals surface area contributed by atoms with Gasteiger partial charge in [-0.3, -0.25) is 0 Å². The van der Waals surface area contributed by atoms with Gasteiger partial charge in [-0.25, -0.2) is 4.68 Å². The molecule has 0 aliphatic rings. The Balaban J connectivity index is 1.90. The highest BCUT2D eigenvalue weighted by Crippen LogP contribution is 2.31. The van der Waals surface area contributed by atoms with E-state index in [1.54, 1.807) is 6.21 Å². The molecule has 21 heavy (non-hydrogen) atoms. The number of halogens is 1. The fourth-order valence-electron chi connectivity index (χ4n) is 1.92. The maximum Gasteiger partial charge on any atom is 0.147 e. The van der Waals surface area contributed by atoms with E-state index in [1.807, 2.05) is 12.1 Å². The molecule has 0 aliphatic heterocycles. The molecule has 0 saturated carbocycles. The third kappa shape index (κ3) is 2.95. The zero-order chi connectivity index (χ0) is 14.8. The average Bonchev–Trinajstić information content (AvgIpc) is 3.11. The van der Waals surface area contributed by atoms with E-state index in [-0.39, 0.29) is 0 Å². The summed E-state index contributed by atoms with van der Waals surface area (Å²) in [6.07, 6.45) is 4.66. The van der Waals surface area contributed by atoms with E-state index in [0.717, 1.165) is 15.8 Å². The van der Waals surface area contributed by atoms with Crippen LogP contribution in [0.3, 0.4) is 0 Å². The number of aromatic nitrogens is 3. The van der Waals surface area contributed by atoms with Crippen molar-refractivity contribution >= 4 is 22.1 Å². The van der Waals surface area contributed by atoms with Gasteiger partial charge in [-0.15, -0.1) is 10.2 Å². The highest BCUT2D eigenvalue weighted by molar-refractivity contribution is 9.10. The Morgan fingerprint density at radius 1 is 1.14 bits per heavy atom. The molecule has 0 aliphatic carbocycles. The minimum atomic E-state index is 0.670. The Morgan fingerprint density at radius 2 is 1.86 bits per heavy atom. The van der Waals surface area contributed by atoms with Crippen LogP contribution in [0.15, 0.2) is 50.9 Å². The first-order chi connectivity index (χ1) is 10.1. The number of furan rings is 1. The van der Waals surface area contributed by atoms with E-state index < -0.39 is 0 Å². The molecule has 6 heteroatoms. The standard InChI is InChI=1S/C15H13BrN4O/c1-10-5-13(14(16)6-11(10)2)15-4-3-12(21-15)7-19-20-8-17-18-9-20/h3-9H,1-2H3/b19-7-. The molecule has 0 radical (unpaired) electrons. The van der Waals surface area contributed by atoms with E-state index in [0.29, 0.717) is 5.76 Å². The number of aryl methyl sites for hydroxylation is 2. The van der Waals surface area contributed by atoms with Gasteiger partial charge in [0, 0.05) is 10.0 Å². The maximum atomic E-state index is 5.81. The van der Waals surface area contributed by atoms with Crippen molar-refractivity contribution in [2.75, 3.05) is 0 Å². The van der Waals surface area contributed by atoms with Gasteiger partial charge in [-0.05, 0) is 49.2 Å². The Hall–Kier alpha value is -2.21. The topological polar surface area (TPSA) is 56.2 Å². The first-order valence-electron chi connectivity index (χ1n) is 6.39. The van der Waals surface area contributed by atoms with Crippen LogP contribution in [0.25, 0.3) is 11.3 Å². The van der Waals surface area contributed by atoms with Crippen molar-refractivity contribution < 1.29 is 4.42 Å². The van der Waals surface area contributed by atoms with Gasteiger partial charge in [0.1, 0.15) is 24.2 Å². The second-order valence-electron chi connectivity index (χ2n) is 4.70. The monoisotopic (exact) mass is 344 g/mol. The predicted molar refractivity (Wildman–Crippen MR) is 84.3 cm³/mol. The van der Waals surface area contributed by atoms with Crippen molar-refractivity contribution in [2.45, 2.75) is 13.8 Å². The number of benzene rings is 1. The molecule has 3 rings (SSSR count). The fourth-order valence-corrected chi connectivity index (χ4v) is 2.57. The molecule has 0 bridgehead atoms. The summed E-state index contributed by atoms with van der Waals surface area (Å²) in [6.45, 7) is 4.17. The van der Waals surface area contributed by atoms with Crippen molar-refractivity contribution in [3.8, 4) is 11.3 Å². The van der Waals surface area contributed by atoms with Gasteiger partial charge in [0.25, 0.3) is 0 Å². The van der Waals surface area contributed by atoms with Crippen LogP contribution in [-0.2, 0) is 0 Å². The first-order valence-corrected chi connectivity index (χ1v) is 7.19. The lowest BCUT2D eigenvalue weighted by Gasteiger charge is -2.06. The van der Waals surface area contributed by atoms with Crippen LogP contribution >= 0.6 is 15.9 Å². The number of hydrogen-bond acceptors (Lipinski definition) is 4. The van der Waals surface area contributed by atoms with Crippen molar-refractivity contribution in [3.63, 3.8) is 0 Å². The largest absolute Gasteiger partial charge is 0.455 e. The third-order valence-electron chi connectivity index (χ3n) is 3.20. The van der Waals surface area contributed by atoms with Crippen LogP contribution in [0.5, 0.6) is 0 Å². The summed E-state index contributed by atoms with van der Waals surface area (Å²) >= 11 is 3.58. The number of rotatable bonds is 3. The molecule has 0 atom stereocenters. The van der Waals surface area contributed by atoms with Gasteiger partial charge in [0.15, 0.2) is 0 Å². The molecule has 106 valence electrons. The number of nitrogens with zero attached hydrogens (tertiary/aromatic N) is 4. The molecular formula is C15H13BrN4O. The lowest BCUT2D eigenvalue weighted by Crippen LogP contribution is -1.86. The Kier molecular flexibility index (Phi) is 3.70. The van der Waals surface area contributed by atoms with Gasteiger partial charge in [0.05, 0.1) is 6.21 Å². The van der Waals surface area contributed by atoms with E-state index in [4.69, 9.17) is 4.42 Å². The fraction of sp³-hybridized carbons (Fsp3) is 0.133. The summed E-state index contributed by atoms with van der Waals surface area (Å²) < 4.78 is 8.33. The Morgan fingerprint density at radius 3 is 2.62 bits per heavy atom. The summed E-state index contributed by atoms with van der Waals surface area (Å²) in [5, 5.41) is 11.5. The smallest absolute Gasteiger partial charge is 0.147 e. The quantitative estimate of drug-likeness (QED) is 0.679. The SMILES string of the molecule is Cc1cc(Br)c(-c2ccc(/C=N\n3cnnc3)o2)cc1C. The first kappa shape index (κ1) is 13.8. The minimum Gasteiger partial charge on any atom is -0.455 e. The van der Waals surface area contributed by atoms with Crippen molar-refractivity contribution in [1.82, 2.24) is 14.9 Å². The molecule has 0 unspecified atom stereocenters. The van der Waals surface area contributed by atoms with Crippen LogP contribution in [0.2, 0.25) is 0 Å². The van der Waals surface area contributed by atoms with E-state index in [1.165, 1.54) is 28.5 Å². The molecule has 2 aromatic heterocycles. The van der Waals surface area contributed by atoms with Crippen LogP contribution < -0.4 is 0 Å². The lowest BCUT2D eigenvalue weighted by atomic mass is 10.1. The normalized spacial score (nSPS) is 11.4. The lowest BCUT2D eigenvalue weighted by molar-refractivity contribution is 0.574. The van der Waals surface area contributed by atoms with Gasteiger partial charge >= 0.3 is 0 Å². The molecule has 1 aromatic carbocycles. The van der Waals surface area contributed by atoms with Crippen LogP contribution in [0, 0.1) is 13.8 Å². The second kappa shape index (κ2) is 5.65. The van der Waals surface area contributed by atoms with Crippen molar-refractivity contribution in [3.05, 3.63) is 58.3 Å². The molecule has 2 heterocycles. The molecule has 0 amide bonds. The highest BCUT2D eigenvalue weighted by Gasteiger charge is 2.09. The Labute approximate surface area is 130 Å². The molecule has 0 fully saturated rings. The van der Waals surface area contributed by atoms with Gasteiger partial charge in [0.2, 0.25) is 0 Å². The minimum absolute atomic E-state index is 0.670. The molecule has 0 saturated heterocycles. The summed E-state index contributed by atoms with van der Waals surface area (Å²) in [6, 6.07) is 8.02. The van der Waals surface area contributed by atoms with Gasteiger partial charge in [-0.2, -0.15) is 5.10 Å². The van der Waals surface area contributed by atoms with Crippen LogP contribution in [0.1, 0.15) is 16.9 Å². The van der Waals surface area contributed by atoms with Gasteiger partial charge in [-0.1, -0.05) is 15.9 Å². The molecular weight excluding hydrogens is 332 g/mol. The molecule has 3 aromatic rings. The van der Waals surface area contributed by atoms with Gasteiger partial charge < -0.3 is 4.42 Å². The van der Waals surface area contributed by atoms with E-state index in [9.17, 15) is 0 Å². The van der Waals surface area contributed by atoms with Crippen molar-refractivity contribution in [2.24, 2.45) is 5.10 Å². The molecule has 0 spiro atoms. The molecule has 0 N–H and O–H groups in total. The maximum absolute atomic E-state index is 5.81.